The first-order valence-corrected chi connectivity index (χ1v) is 7.50. The fourth-order valence-electron chi connectivity index (χ4n) is 1.56. The zero-order chi connectivity index (χ0) is 14.6. The molecule has 0 radical (unpaired) electrons. The number of Topliss-reactive ketones (excluding diaryl/α,β-unsaturated/α-hetero) is 1. The Balaban J connectivity index is 0.000000312. The van der Waals surface area contributed by atoms with Gasteiger partial charge in [-0.05, 0) is 23.0 Å². The third-order valence-electron chi connectivity index (χ3n) is 2.40. The van der Waals surface area contributed by atoms with Gasteiger partial charge in [-0.1, -0.05) is 12.1 Å². The first-order chi connectivity index (χ1) is 8.70. The van der Waals surface area contributed by atoms with Gasteiger partial charge in [-0.3, -0.25) is 4.79 Å². The molecule has 2 rings (SSSR count). The van der Waals surface area contributed by atoms with Gasteiger partial charge in [-0.25, -0.2) is 0 Å². The highest BCUT2D eigenvalue weighted by Crippen LogP contribution is 2.26. The van der Waals surface area contributed by atoms with Gasteiger partial charge in [0.2, 0.25) is 11.0 Å². The number of rotatable bonds is 1. The molecule has 0 fully saturated rings. The van der Waals surface area contributed by atoms with E-state index in [0.29, 0.717) is 6.61 Å². The van der Waals surface area contributed by atoms with E-state index in [1.165, 1.54) is 0 Å². The Hall–Kier alpha value is -1.18. The average molecular weight is 296 g/mol. The van der Waals surface area contributed by atoms with E-state index in [1.54, 1.807) is 0 Å². The van der Waals surface area contributed by atoms with Crippen molar-refractivity contribution in [2.75, 3.05) is 19.1 Å². The summed E-state index contributed by atoms with van der Waals surface area (Å²) in [5.74, 6) is 0.972. The van der Waals surface area contributed by atoms with Crippen LogP contribution in [0.2, 0.25) is 0 Å². The van der Waals surface area contributed by atoms with Gasteiger partial charge >= 0.3 is 7.25 Å². The number of benzene rings is 1. The van der Waals surface area contributed by atoms with Crippen molar-refractivity contribution in [3.8, 4) is 5.75 Å². The van der Waals surface area contributed by atoms with Crippen molar-refractivity contribution >= 4 is 23.9 Å². The first kappa shape index (κ1) is 15.9. The highest BCUT2D eigenvalue weighted by molar-refractivity contribution is 7.96. The van der Waals surface area contributed by atoms with Crippen LogP contribution in [0.25, 0.3) is 0 Å². The molecule has 0 aliphatic carbocycles. The summed E-state index contributed by atoms with van der Waals surface area (Å²) in [6, 6.07) is 7.47. The van der Waals surface area contributed by atoms with Crippen molar-refractivity contribution in [2.24, 2.45) is 0 Å². The Morgan fingerprint density at radius 1 is 1.21 bits per heavy atom. The standard InChI is InChI=1S/C11H13O2S.BF4/c1-14(2)10-7-13-9-6-4-3-5-8(9)11(10)12;2-1(3,4)5/h3-6,10H,7H2,1-2H3;/q+1;-1. The lowest BCUT2D eigenvalue weighted by atomic mass is 10.1. The number of fused-ring (bicyclic) bond motifs is 1. The highest BCUT2D eigenvalue weighted by atomic mass is 32.2. The molecule has 0 bridgehead atoms. The van der Waals surface area contributed by atoms with Crippen molar-refractivity contribution in [1.82, 2.24) is 0 Å². The Labute approximate surface area is 111 Å². The lowest BCUT2D eigenvalue weighted by molar-refractivity contribution is 0.0942. The zero-order valence-electron chi connectivity index (χ0n) is 10.4. The largest absolute Gasteiger partial charge is 0.673 e. The SMILES string of the molecule is C[S+](C)C1COc2ccccc2C1=O.F[B-](F)(F)F. The van der Waals surface area contributed by atoms with E-state index in [0.717, 1.165) is 11.3 Å². The molecule has 19 heavy (non-hydrogen) atoms. The second kappa shape index (κ2) is 6.32. The quantitative estimate of drug-likeness (QED) is 0.452. The average Bonchev–Trinajstić information content (AvgIpc) is 2.27. The molecule has 1 aliphatic rings. The molecule has 8 heteroatoms. The predicted octanol–water partition coefficient (Wildman–Crippen LogP) is 2.81. The van der Waals surface area contributed by atoms with Gasteiger partial charge in [0.1, 0.15) is 12.4 Å². The molecular formula is C11H13BF4O2S. The minimum absolute atomic E-state index is 0.0462. The molecule has 0 amide bonds. The summed E-state index contributed by atoms with van der Waals surface area (Å²) in [5, 5.41) is 0.0462. The van der Waals surface area contributed by atoms with Crippen LogP contribution in [0.1, 0.15) is 10.4 Å². The van der Waals surface area contributed by atoms with Crippen LogP contribution in [0, 0.1) is 0 Å². The molecule has 0 spiro atoms. The third-order valence-corrected chi connectivity index (χ3v) is 3.89. The van der Waals surface area contributed by atoms with Crippen LogP contribution in [0.4, 0.5) is 17.3 Å². The number of carbonyl (C=O) groups is 1. The summed E-state index contributed by atoms with van der Waals surface area (Å²) in [6.45, 7) is 0.534. The smallest absolute Gasteiger partial charge is 0.487 e. The number of para-hydroxylation sites is 1. The molecule has 0 aromatic heterocycles. The van der Waals surface area contributed by atoms with Crippen LogP contribution >= 0.6 is 0 Å². The van der Waals surface area contributed by atoms with E-state index in [2.05, 4.69) is 12.5 Å². The summed E-state index contributed by atoms with van der Waals surface area (Å²) in [5.41, 5.74) is 0.741. The van der Waals surface area contributed by atoms with Crippen molar-refractivity contribution in [3.63, 3.8) is 0 Å². The lowest BCUT2D eigenvalue weighted by Gasteiger charge is -2.21. The molecule has 0 N–H and O–H groups in total. The van der Waals surface area contributed by atoms with Crippen LogP contribution in [-0.2, 0) is 10.9 Å². The normalized spacial score (nSPS) is 18.3. The van der Waals surface area contributed by atoms with E-state index in [4.69, 9.17) is 4.74 Å². The minimum Gasteiger partial charge on any atom is -0.487 e. The third kappa shape index (κ3) is 5.14. The fraction of sp³-hybridized carbons (Fsp3) is 0.364. The molecule has 106 valence electrons. The van der Waals surface area contributed by atoms with Gasteiger partial charge in [0.15, 0.2) is 0 Å². The van der Waals surface area contributed by atoms with Crippen molar-refractivity contribution in [1.29, 1.82) is 0 Å². The number of ether oxygens (including phenoxy) is 1. The summed E-state index contributed by atoms with van der Waals surface area (Å²) >= 11 is 0. The van der Waals surface area contributed by atoms with Gasteiger partial charge in [-0.2, -0.15) is 0 Å². The molecule has 1 aromatic carbocycles. The summed E-state index contributed by atoms with van der Waals surface area (Å²) in [7, 11) is -5.91. The predicted molar refractivity (Wildman–Crippen MR) is 69.5 cm³/mol. The number of ketones is 1. The van der Waals surface area contributed by atoms with Gasteiger partial charge in [0.05, 0.1) is 18.1 Å². The van der Waals surface area contributed by atoms with E-state index in [9.17, 15) is 22.1 Å². The topological polar surface area (TPSA) is 26.3 Å². The van der Waals surface area contributed by atoms with E-state index in [-0.39, 0.29) is 21.9 Å². The van der Waals surface area contributed by atoms with Crippen LogP contribution < -0.4 is 4.74 Å². The van der Waals surface area contributed by atoms with Crippen molar-refractivity contribution < 1.29 is 26.8 Å². The number of hydrogen-bond acceptors (Lipinski definition) is 2. The molecule has 1 unspecified atom stereocenters. The van der Waals surface area contributed by atoms with Gasteiger partial charge in [0, 0.05) is 0 Å². The van der Waals surface area contributed by atoms with E-state index < -0.39 is 7.25 Å². The maximum Gasteiger partial charge on any atom is 0.673 e. The molecule has 1 aliphatic heterocycles. The van der Waals surface area contributed by atoms with Crippen LogP contribution in [0.15, 0.2) is 24.3 Å². The van der Waals surface area contributed by atoms with Gasteiger partial charge < -0.3 is 22.0 Å². The first-order valence-electron chi connectivity index (χ1n) is 5.40. The number of carbonyl (C=O) groups excluding carboxylic acids is 1. The summed E-state index contributed by atoms with van der Waals surface area (Å²) in [4.78, 5) is 12.0. The Morgan fingerprint density at radius 3 is 2.26 bits per heavy atom. The second-order valence-electron chi connectivity index (χ2n) is 4.03. The zero-order valence-corrected chi connectivity index (χ0v) is 11.2. The minimum atomic E-state index is -6.00. The molecule has 0 saturated carbocycles. The van der Waals surface area contributed by atoms with Crippen molar-refractivity contribution in [3.05, 3.63) is 29.8 Å². The number of hydrogen-bond donors (Lipinski definition) is 0. The van der Waals surface area contributed by atoms with E-state index >= 15 is 0 Å². The van der Waals surface area contributed by atoms with Crippen LogP contribution in [0.3, 0.4) is 0 Å². The molecular weight excluding hydrogens is 283 g/mol. The Kier molecular flexibility index (Phi) is 5.28. The summed E-state index contributed by atoms with van der Waals surface area (Å²) < 4.78 is 44.6. The van der Waals surface area contributed by atoms with Crippen molar-refractivity contribution in [2.45, 2.75) is 5.25 Å². The Morgan fingerprint density at radius 2 is 1.74 bits per heavy atom. The lowest BCUT2D eigenvalue weighted by Crippen LogP contribution is -2.38. The second-order valence-corrected chi connectivity index (χ2v) is 6.36. The number of halogens is 4. The monoisotopic (exact) mass is 296 g/mol. The highest BCUT2D eigenvalue weighted by Gasteiger charge is 2.36. The maximum absolute atomic E-state index is 12.0. The molecule has 1 heterocycles. The van der Waals surface area contributed by atoms with Crippen LogP contribution in [-0.4, -0.2) is 37.4 Å². The molecule has 1 atom stereocenters. The Bertz CT molecular complexity index is 445. The molecule has 0 saturated heterocycles. The molecule has 1 aromatic rings. The fourth-order valence-corrected chi connectivity index (χ4v) is 2.46. The maximum atomic E-state index is 12.0. The van der Waals surface area contributed by atoms with E-state index in [1.807, 2.05) is 24.3 Å². The van der Waals surface area contributed by atoms with Gasteiger partial charge in [0.25, 0.3) is 0 Å². The van der Waals surface area contributed by atoms with Crippen LogP contribution in [0.5, 0.6) is 5.75 Å². The van der Waals surface area contributed by atoms with Gasteiger partial charge in [-0.15, -0.1) is 0 Å². The summed E-state index contributed by atoms with van der Waals surface area (Å²) in [6.07, 6.45) is 4.17. The molecule has 2 nitrogen and oxygen atoms in total.